The number of nitrogen functional groups attached to an aromatic ring is 1. The van der Waals surface area contributed by atoms with Crippen LogP contribution in [0, 0.1) is 0 Å². The Morgan fingerprint density at radius 2 is 1.85 bits per heavy atom. The van der Waals surface area contributed by atoms with Crippen LogP contribution in [0.3, 0.4) is 0 Å². The van der Waals surface area contributed by atoms with Crippen LogP contribution >= 0.6 is 0 Å². The fourth-order valence-corrected chi connectivity index (χ4v) is 2.26. The number of benzene rings is 2. The van der Waals surface area contributed by atoms with Gasteiger partial charge < -0.3 is 10.2 Å². The number of fused-ring (bicyclic) bond motifs is 1. The smallest absolute Gasteiger partial charge is 0.145 e. The average molecular weight is 265 g/mol. The molecule has 2 aromatic carbocycles. The summed E-state index contributed by atoms with van der Waals surface area (Å²) in [6.07, 6.45) is 0. The lowest BCUT2D eigenvalue weighted by molar-refractivity contribution is 0.419. The number of ether oxygens (including phenoxy) is 1. The van der Waals surface area contributed by atoms with Crippen molar-refractivity contribution >= 4 is 16.6 Å². The average Bonchev–Trinajstić information content (AvgIpc) is 2.54. The number of aromatic nitrogens is 1. The number of rotatable bonds is 3. The lowest BCUT2D eigenvalue weighted by atomic mass is 10.1. The van der Waals surface area contributed by atoms with Crippen molar-refractivity contribution in [1.82, 2.24) is 4.98 Å². The van der Waals surface area contributed by atoms with E-state index in [4.69, 9.17) is 15.6 Å². The fourth-order valence-electron chi connectivity index (χ4n) is 2.26. The molecular formula is C16H15N3O. The summed E-state index contributed by atoms with van der Waals surface area (Å²) in [6.45, 7) is 0. The largest absolute Gasteiger partial charge is 0.494 e. The van der Waals surface area contributed by atoms with Gasteiger partial charge >= 0.3 is 0 Å². The quantitative estimate of drug-likeness (QED) is 0.564. The van der Waals surface area contributed by atoms with E-state index in [0.29, 0.717) is 0 Å². The van der Waals surface area contributed by atoms with Gasteiger partial charge in [0.05, 0.1) is 18.5 Å². The number of hydrogen-bond acceptors (Lipinski definition) is 4. The number of pyridine rings is 1. The number of nitrogens with one attached hydrogen (secondary N) is 1. The predicted molar refractivity (Wildman–Crippen MR) is 81.5 cm³/mol. The molecule has 1 aromatic heterocycles. The normalized spacial score (nSPS) is 10.5. The SMILES string of the molecule is COc1cccc2c(NN)cc(-c3ccccc3)nc12. The molecule has 0 radical (unpaired) electrons. The van der Waals surface area contributed by atoms with Crippen molar-refractivity contribution in [2.45, 2.75) is 0 Å². The van der Waals surface area contributed by atoms with E-state index >= 15 is 0 Å². The number of hydrogen-bond donors (Lipinski definition) is 2. The van der Waals surface area contributed by atoms with Crippen LogP contribution in [0.5, 0.6) is 5.75 Å². The van der Waals surface area contributed by atoms with Crippen molar-refractivity contribution in [3.8, 4) is 17.0 Å². The first-order valence-corrected chi connectivity index (χ1v) is 6.33. The Bertz CT molecular complexity index is 741. The number of methoxy groups -OCH3 is 1. The molecule has 0 aliphatic carbocycles. The van der Waals surface area contributed by atoms with Gasteiger partial charge in [-0.05, 0) is 12.1 Å². The Morgan fingerprint density at radius 3 is 2.55 bits per heavy atom. The third-order valence-electron chi connectivity index (χ3n) is 3.25. The van der Waals surface area contributed by atoms with E-state index in [1.165, 1.54) is 0 Å². The summed E-state index contributed by atoms with van der Waals surface area (Å²) in [4.78, 5) is 4.70. The van der Waals surface area contributed by atoms with E-state index < -0.39 is 0 Å². The van der Waals surface area contributed by atoms with Crippen molar-refractivity contribution in [2.75, 3.05) is 12.5 Å². The highest BCUT2D eigenvalue weighted by Crippen LogP contribution is 2.32. The zero-order chi connectivity index (χ0) is 13.9. The molecule has 4 nitrogen and oxygen atoms in total. The summed E-state index contributed by atoms with van der Waals surface area (Å²) < 4.78 is 5.39. The highest BCUT2D eigenvalue weighted by molar-refractivity contribution is 5.96. The molecule has 0 aliphatic rings. The van der Waals surface area contributed by atoms with Crippen LogP contribution in [0.25, 0.3) is 22.2 Å². The third kappa shape index (κ3) is 2.06. The van der Waals surface area contributed by atoms with Gasteiger partial charge in [0.2, 0.25) is 0 Å². The van der Waals surface area contributed by atoms with Crippen LogP contribution in [-0.4, -0.2) is 12.1 Å². The van der Waals surface area contributed by atoms with Crippen LogP contribution < -0.4 is 16.0 Å². The molecule has 4 heteroatoms. The molecule has 0 atom stereocenters. The molecular weight excluding hydrogens is 250 g/mol. The van der Waals surface area contributed by atoms with E-state index in [0.717, 1.165) is 33.6 Å². The Hall–Kier alpha value is -2.59. The Balaban J connectivity index is 2.30. The minimum atomic E-state index is 0.733. The van der Waals surface area contributed by atoms with Crippen molar-refractivity contribution in [3.63, 3.8) is 0 Å². The number of nitrogens with two attached hydrogens (primary N) is 1. The van der Waals surface area contributed by atoms with E-state index in [2.05, 4.69) is 5.43 Å². The first-order chi connectivity index (χ1) is 9.83. The maximum Gasteiger partial charge on any atom is 0.145 e. The van der Waals surface area contributed by atoms with Gasteiger partial charge in [0.15, 0.2) is 0 Å². The lowest BCUT2D eigenvalue weighted by Gasteiger charge is -2.11. The third-order valence-corrected chi connectivity index (χ3v) is 3.25. The van der Waals surface area contributed by atoms with Crippen molar-refractivity contribution < 1.29 is 4.74 Å². The van der Waals surface area contributed by atoms with Gasteiger partial charge in [-0.2, -0.15) is 0 Å². The molecule has 1 heterocycles. The van der Waals surface area contributed by atoms with Gasteiger partial charge in [0.1, 0.15) is 11.3 Å². The summed E-state index contributed by atoms with van der Waals surface area (Å²) in [5.41, 5.74) is 6.25. The van der Waals surface area contributed by atoms with Crippen LogP contribution in [0.15, 0.2) is 54.6 Å². The molecule has 0 bridgehead atoms. The van der Waals surface area contributed by atoms with Crippen LogP contribution in [0.1, 0.15) is 0 Å². The standard InChI is InChI=1S/C16H15N3O/c1-20-15-9-5-8-12-14(19-17)10-13(18-16(12)15)11-6-3-2-4-7-11/h2-10H,17H2,1H3,(H,18,19). The molecule has 0 saturated heterocycles. The minimum absolute atomic E-state index is 0.733. The first-order valence-electron chi connectivity index (χ1n) is 6.33. The predicted octanol–water partition coefficient (Wildman–Crippen LogP) is 3.20. The van der Waals surface area contributed by atoms with E-state index in [1.807, 2.05) is 54.6 Å². The monoisotopic (exact) mass is 265 g/mol. The van der Waals surface area contributed by atoms with Crippen molar-refractivity contribution in [2.24, 2.45) is 5.84 Å². The van der Waals surface area contributed by atoms with E-state index in [9.17, 15) is 0 Å². The van der Waals surface area contributed by atoms with Crippen LogP contribution in [0.4, 0.5) is 5.69 Å². The second-order valence-electron chi connectivity index (χ2n) is 4.42. The van der Waals surface area contributed by atoms with Gasteiger partial charge in [-0.15, -0.1) is 0 Å². The molecule has 3 aromatic rings. The lowest BCUT2D eigenvalue weighted by Crippen LogP contribution is -2.08. The minimum Gasteiger partial charge on any atom is -0.494 e. The number of hydrazine groups is 1. The van der Waals surface area contributed by atoms with Crippen molar-refractivity contribution in [1.29, 1.82) is 0 Å². The number of para-hydroxylation sites is 1. The van der Waals surface area contributed by atoms with Gasteiger partial charge in [0.25, 0.3) is 0 Å². The Labute approximate surface area is 117 Å². The summed E-state index contributed by atoms with van der Waals surface area (Å²) in [7, 11) is 1.64. The van der Waals surface area contributed by atoms with Crippen molar-refractivity contribution in [3.05, 3.63) is 54.6 Å². The number of anilines is 1. The van der Waals surface area contributed by atoms with Crippen LogP contribution in [-0.2, 0) is 0 Å². The zero-order valence-corrected chi connectivity index (χ0v) is 11.1. The first kappa shape index (κ1) is 12.4. The maximum atomic E-state index is 5.64. The fraction of sp³-hybridized carbons (Fsp3) is 0.0625. The zero-order valence-electron chi connectivity index (χ0n) is 11.1. The molecule has 0 unspecified atom stereocenters. The summed E-state index contributed by atoms with van der Waals surface area (Å²) >= 11 is 0. The van der Waals surface area contributed by atoms with Gasteiger partial charge in [-0.1, -0.05) is 42.5 Å². The molecule has 100 valence electrons. The summed E-state index contributed by atoms with van der Waals surface area (Å²) in [5, 5.41) is 0.937. The van der Waals surface area contributed by atoms with Gasteiger partial charge in [-0.25, -0.2) is 4.98 Å². The topological polar surface area (TPSA) is 60.2 Å². The molecule has 0 aliphatic heterocycles. The molecule has 3 N–H and O–H groups in total. The summed E-state index contributed by atoms with van der Waals surface area (Å²) in [6, 6.07) is 17.7. The van der Waals surface area contributed by atoms with Crippen LogP contribution in [0.2, 0.25) is 0 Å². The molecule has 0 amide bonds. The highest BCUT2D eigenvalue weighted by Gasteiger charge is 2.10. The molecule has 0 spiro atoms. The Kier molecular flexibility index (Phi) is 3.23. The van der Waals surface area contributed by atoms with E-state index in [1.54, 1.807) is 7.11 Å². The van der Waals surface area contributed by atoms with Gasteiger partial charge in [0, 0.05) is 10.9 Å². The maximum absolute atomic E-state index is 5.64. The Morgan fingerprint density at radius 1 is 1.05 bits per heavy atom. The van der Waals surface area contributed by atoms with E-state index in [-0.39, 0.29) is 0 Å². The molecule has 20 heavy (non-hydrogen) atoms. The summed E-state index contributed by atoms with van der Waals surface area (Å²) in [5.74, 6) is 6.37. The molecule has 0 saturated carbocycles. The second kappa shape index (κ2) is 5.19. The second-order valence-corrected chi connectivity index (χ2v) is 4.42. The molecule has 3 rings (SSSR count). The van der Waals surface area contributed by atoms with Gasteiger partial charge in [-0.3, -0.25) is 5.84 Å². The highest BCUT2D eigenvalue weighted by atomic mass is 16.5. The number of nitrogens with zero attached hydrogens (tertiary/aromatic N) is 1. The molecule has 0 fully saturated rings.